The molecule has 0 aromatic rings. The van der Waals surface area contributed by atoms with Gasteiger partial charge in [-0.3, -0.25) is 0 Å². The molecule has 0 aromatic heterocycles. The van der Waals surface area contributed by atoms with E-state index in [2.05, 4.69) is 17.6 Å². The molecule has 0 amide bonds. The first kappa shape index (κ1) is 13.9. The Morgan fingerprint density at radius 2 is 1.74 bits per heavy atom. The third-order valence-corrected chi connectivity index (χ3v) is 5.78. The van der Waals surface area contributed by atoms with E-state index in [0.29, 0.717) is 5.41 Å². The summed E-state index contributed by atoms with van der Waals surface area (Å²) >= 11 is 0. The summed E-state index contributed by atoms with van der Waals surface area (Å²) in [4.78, 5) is 0. The smallest absolute Gasteiger partial charge is 0.000888 e. The molecule has 110 valence electrons. The van der Waals surface area contributed by atoms with Crippen LogP contribution in [0.2, 0.25) is 0 Å². The molecule has 1 saturated heterocycles. The van der Waals surface area contributed by atoms with Crippen molar-refractivity contribution >= 4 is 0 Å². The summed E-state index contributed by atoms with van der Waals surface area (Å²) in [5.74, 6) is 3.21. The monoisotopic (exact) mass is 264 g/mol. The molecular weight excluding hydrogens is 232 g/mol. The lowest BCUT2D eigenvalue weighted by Gasteiger charge is -2.38. The SMILES string of the molecule is CCCC1(CNCC(C2CC2)C2CC2)CCNCC1. The number of hydrogen-bond donors (Lipinski definition) is 2. The first-order valence-corrected chi connectivity index (χ1v) is 8.74. The zero-order chi connectivity index (χ0) is 13.1. The van der Waals surface area contributed by atoms with E-state index in [0.717, 1.165) is 17.8 Å². The van der Waals surface area contributed by atoms with E-state index in [1.807, 2.05) is 0 Å². The van der Waals surface area contributed by atoms with E-state index in [9.17, 15) is 0 Å². The lowest BCUT2D eigenvalue weighted by Crippen LogP contribution is -2.44. The topological polar surface area (TPSA) is 24.1 Å². The maximum absolute atomic E-state index is 3.90. The van der Waals surface area contributed by atoms with Crippen LogP contribution in [0, 0.1) is 23.2 Å². The molecule has 0 aromatic carbocycles. The third kappa shape index (κ3) is 3.72. The third-order valence-electron chi connectivity index (χ3n) is 5.78. The fourth-order valence-corrected chi connectivity index (χ4v) is 4.27. The molecule has 3 aliphatic rings. The molecule has 19 heavy (non-hydrogen) atoms. The van der Waals surface area contributed by atoms with Gasteiger partial charge in [0.05, 0.1) is 0 Å². The summed E-state index contributed by atoms with van der Waals surface area (Å²) in [6, 6.07) is 0. The zero-order valence-corrected chi connectivity index (χ0v) is 12.7. The van der Waals surface area contributed by atoms with Crippen LogP contribution < -0.4 is 10.6 Å². The average molecular weight is 264 g/mol. The zero-order valence-electron chi connectivity index (χ0n) is 12.7. The van der Waals surface area contributed by atoms with Crippen LogP contribution in [0.4, 0.5) is 0 Å². The van der Waals surface area contributed by atoms with E-state index in [1.165, 1.54) is 77.5 Å². The molecule has 2 saturated carbocycles. The highest BCUT2D eigenvalue weighted by Gasteiger charge is 2.41. The molecule has 0 radical (unpaired) electrons. The van der Waals surface area contributed by atoms with Gasteiger partial charge < -0.3 is 10.6 Å². The maximum Gasteiger partial charge on any atom is 0.000888 e. The highest BCUT2D eigenvalue weighted by Crippen LogP contribution is 2.49. The van der Waals surface area contributed by atoms with E-state index in [1.54, 1.807) is 0 Å². The molecule has 0 spiro atoms. The van der Waals surface area contributed by atoms with Crippen molar-refractivity contribution in [3.05, 3.63) is 0 Å². The minimum absolute atomic E-state index is 0.609. The first-order chi connectivity index (χ1) is 9.33. The van der Waals surface area contributed by atoms with Gasteiger partial charge in [0, 0.05) is 6.54 Å². The van der Waals surface area contributed by atoms with Gasteiger partial charge in [0.1, 0.15) is 0 Å². The predicted molar refractivity (Wildman–Crippen MR) is 81.3 cm³/mol. The Kier molecular flexibility index (Phi) is 4.48. The van der Waals surface area contributed by atoms with Crippen LogP contribution in [-0.4, -0.2) is 26.2 Å². The van der Waals surface area contributed by atoms with Gasteiger partial charge in [0.15, 0.2) is 0 Å². The van der Waals surface area contributed by atoms with Gasteiger partial charge in [0.25, 0.3) is 0 Å². The van der Waals surface area contributed by atoms with Crippen molar-refractivity contribution in [1.82, 2.24) is 10.6 Å². The molecule has 2 N–H and O–H groups in total. The van der Waals surface area contributed by atoms with Crippen LogP contribution in [0.3, 0.4) is 0 Å². The molecule has 2 nitrogen and oxygen atoms in total. The van der Waals surface area contributed by atoms with E-state index in [4.69, 9.17) is 0 Å². The van der Waals surface area contributed by atoms with Crippen LogP contribution in [0.1, 0.15) is 58.3 Å². The van der Waals surface area contributed by atoms with Gasteiger partial charge in [0.2, 0.25) is 0 Å². The molecule has 0 unspecified atom stereocenters. The fourth-order valence-electron chi connectivity index (χ4n) is 4.27. The van der Waals surface area contributed by atoms with Crippen molar-refractivity contribution < 1.29 is 0 Å². The molecule has 2 aliphatic carbocycles. The van der Waals surface area contributed by atoms with Crippen molar-refractivity contribution in [1.29, 1.82) is 0 Å². The Hall–Kier alpha value is -0.0800. The lowest BCUT2D eigenvalue weighted by atomic mass is 9.75. The summed E-state index contributed by atoms with van der Waals surface area (Å²) < 4.78 is 0. The Morgan fingerprint density at radius 1 is 1.11 bits per heavy atom. The summed E-state index contributed by atoms with van der Waals surface area (Å²) in [7, 11) is 0. The second-order valence-electron chi connectivity index (χ2n) is 7.47. The Balaban J connectivity index is 1.45. The van der Waals surface area contributed by atoms with Crippen LogP contribution in [0.5, 0.6) is 0 Å². The van der Waals surface area contributed by atoms with Crippen LogP contribution in [-0.2, 0) is 0 Å². The quantitative estimate of drug-likeness (QED) is 0.703. The lowest BCUT2D eigenvalue weighted by molar-refractivity contribution is 0.171. The summed E-state index contributed by atoms with van der Waals surface area (Å²) in [5.41, 5.74) is 0.609. The standard InChI is InChI=1S/C17H32N2/c1-2-7-17(8-10-18-11-9-17)13-19-12-16(14-3-4-14)15-5-6-15/h14-16,18-19H,2-13H2,1H3. The molecule has 0 bridgehead atoms. The Morgan fingerprint density at radius 3 is 2.26 bits per heavy atom. The van der Waals surface area contributed by atoms with Crippen LogP contribution >= 0.6 is 0 Å². The molecule has 1 aliphatic heterocycles. The molecule has 0 atom stereocenters. The average Bonchev–Trinajstić information content (AvgIpc) is 3.29. The van der Waals surface area contributed by atoms with Gasteiger partial charge in [-0.2, -0.15) is 0 Å². The van der Waals surface area contributed by atoms with Gasteiger partial charge in [-0.25, -0.2) is 0 Å². The minimum Gasteiger partial charge on any atom is -0.317 e. The van der Waals surface area contributed by atoms with Crippen LogP contribution in [0.25, 0.3) is 0 Å². The van der Waals surface area contributed by atoms with Gasteiger partial charge >= 0.3 is 0 Å². The van der Waals surface area contributed by atoms with Crippen molar-refractivity contribution in [3.8, 4) is 0 Å². The normalized spacial score (nSPS) is 26.8. The first-order valence-electron chi connectivity index (χ1n) is 8.74. The van der Waals surface area contributed by atoms with E-state index in [-0.39, 0.29) is 0 Å². The second-order valence-corrected chi connectivity index (χ2v) is 7.47. The van der Waals surface area contributed by atoms with Crippen molar-refractivity contribution in [3.63, 3.8) is 0 Å². The number of rotatable bonds is 8. The van der Waals surface area contributed by atoms with Crippen LogP contribution in [0.15, 0.2) is 0 Å². The van der Waals surface area contributed by atoms with Crippen molar-refractivity contribution in [2.45, 2.75) is 58.3 Å². The predicted octanol–water partition coefficient (Wildman–Crippen LogP) is 3.18. The largest absolute Gasteiger partial charge is 0.317 e. The van der Waals surface area contributed by atoms with E-state index < -0.39 is 0 Å². The van der Waals surface area contributed by atoms with Crippen molar-refractivity contribution in [2.24, 2.45) is 23.2 Å². The second kappa shape index (κ2) is 6.13. The molecular formula is C17H32N2. The number of piperidine rings is 1. The highest BCUT2D eigenvalue weighted by molar-refractivity contribution is 4.93. The molecule has 3 fully saturated rings. The Labute approximate surface area is 119 Å². The molecule has 3 rings (SSSR count). The highest BCUT2D eigenvalue weighted by atomic mass is 14.9. The Bertz CT molecular complexity index is 257. The number of hydrogen-bond acceptors (Lipinski definition) is 2. The summed E-state index contributed by atoms with van der Waals surface area (Å²) in [5, 5.41) is 7.42. The van der Waals surface area contributed by atoms with Gasteiger partial charge in [-0.05, 0) is 87.7 Å². The summed E-state index contributed by atoms with van der Waals surface area (Å²) in [6.07, 6.45) is 11.6. The van der Waals surface area contributed by atoms with Crippen molar-refractivity contribution in [2.75, 3.05) is 26.2 Å². The maximum atomic E-state index is 3.90. The fraction of sp³-hybridized carbons (Fsp3) is 1.00. The summed E-state index contributed by atoms with van der Waals surface area (Å²) in [6.45, 7) is 7.40. The molecule has 2 heteroatoms. The molecule has 1 heterocycles. The van der Waals surface area contributed by atoms with Gasteiger partial charge in [-0.15, -0.1) is 0 Å². The minimum atomic E-state index is 0.609. The van der Waals surface area contributed by atoms with E-state index >= 15 is 0 Å². The number of nitrogens with one attached hydrogen (secondary N) is 2. The van der Waals surface area contributed by atoms with Gasteiger partial charge in [-0.1, -0.05) is 13.3 Å².